The summed E-state index contributed by atoms with van der Waals surface area (Å²) in [6.07, 6.45) is 3.97. The first-order valence-electron chi connectivity index (χ1n) is 9.44. The Morgan fingerprint density at radius 2 is 2.04 bits per heavy atom. The van der Waals surface area contributed by atoms with Crippen molar-refractivity contribution in [3.8, 4) is 0 Å². The van der Waals surface area contributed by atoms with Crippen LogP contribution in [0.3, 0.4) is 0 Å². The summed E-state index contributed by atoms with van der Waals surface area (Å²) in [5.41, 5.74) is 8.34. The molecule has 0 aliphatic carbocycles. The van der Waals surface area contributed by atoms with E-state index in [2.05, 4.69) is 4.98 Å². The molecule has 28 heavy (non-hydrogen) atoms. The largest absolute Gasteiger partial charge is 0.391 e. The molecule has 1 aliphatic heterocycles. The zero-order chi connectivity index (χ0) is 19.7. The van der Waals surface area contributed by atoms with Gasteiger partial charge in [0.25, 0.3) is 5.91 Å². The van der Waals surface area contributed by atoms with Crippen LogP contribution in [-0.4, -0.2) is 44.5 Å². The number of carbonyl (C=O) groups excluding carboxylic acids is 1. The number of β-amino-alcohol motifs (C(OH)–C–C–N with tert-alkyl or cyclic N) is 1. The number of rotatable bonds is 4. The van der Waals surface area contributed by atoms with Crippen LogP contribution < -0.4 is 5.73 Å². The number of aliphatic hydroxyl groups excluding tert-OH is 1. The van der Waals surface area contributed by atoms with Gasteiger partial charge in [-0.25, -0.2) is 9.37 Å². The van der Waals surface area contributed by atoms with Gasteiger partial charge in [-0.15, -0.1) is 0 Å². The number of imidazole rings is 1. The second-order valence-corrected chi connectivity index (χ2v) is 7.26. The van der Waals surface area contributed by atoms with E-state index in [9.17, 15) is 14.3 Å². The van der Waals surface area contributed by atoms with Crippen molar-refractivity contribution in [3.63, 3.8) is 0 Å². The van der Waals surface area contributed by atoms with E-state index in [1.807, 2.05) is 24.3 Å². The van der Waals surface area contributed by atoms with E-state index in [1.165, 1.54) is 16.7 Å². The summed E-state index contributed by atoms with van der Waals surface area (Å²) in [5, 5.41) is 10.6. The Bertz CT molecular complexity index is 1000. The fraction of sp³-hybridized carbons (Fsp3) is 0.333. The van der Waals surface area contributed by atoms with Gasteiger partial charge in [0.2, 0.25) is 0 Å². The third-order valence-corrected chi connectivity index (χ3v) is 5.48. The number of piperidine rings is 1. The molecular weight excluding hydrogens is 359 g/mol. The molecule has 2 aromatic heterocycles. The Balaban J connectivity index is 1.45. The predicted molar refractivity (Wildman–Crippen MR) is 103 cm³/mol. The van der Waals surface area contributed by atoms with E-state index in [4.69, 9.17) is 5.73 Å². The van der Waals surface area contributed by atoms with E-state index in [0.29, 0.717) is 19.5 Å². The number of likely N-dealkylation sites (tertiary alicyclic amines) is 1. The third kappa shape index (κ3) is 3.50. The zero-order valence-corrected chi connectivity index (χ0v) is 15.5. The maximum atomic E-state index is 13.8. The number of carbonyl (C=O) groups is 1. The number of nitrogens with two attached hydrogens (primary N) is 1. The molecule has 1 fully saturated rings. The van der Waals surface area contributed by atoms with E-state index < -0.39 is 11.9 Å². The molecule has 0 bridgehead atoms. The van der Waals surface area contributed by atoms with Crippen molar-refractivity contribution >= 4 is 11.6 Å². The number of halogens is 1. The number of hydrogen-bond donors (Lipinski definition) is 2. The highest BCUT2D eigenvalue weighted by molar-refractivity contribution is 5.93. The second-order valence-electron chi connectivity index (χ2n) is 7.26. The number of amides is 1. The highest BCUT2D eigenvalue weighted by Gasteiger charge is 2.32. The maximum absolute atomic E-state index is 13.8. The molecule has 1 amide bonds. The molecule has 1 aromatic carbocycles. The van der Waals surface area contributed by atoms with Crippen LogP contribution in [0.25, 0.3) is 5.65 Å². The van der Waals surface area contributed by atoms with E-state index in [1.54, 1.807) is 17.2 Å². The number of benzene rings is 1. The number of aromatic nitrogens is 2. The van der Waals surface area contributed by atoms with Crippen LogP contribution in [0.4, 0.5) is 4.39 Å². The van der Waals surface area contributed by atoms with Gasteiger partial charge in [-0.05, 0) is 42.0 Å². The number of pyridine rings is 1. The molecule has 3 N–H and O–H groups in total. The van der Waals surface area contributed by atoms with Gasteiger partial charge in [-0.3, -0.25) is 4.79 Å². The van der Waals surface area contributed by atoms with Crippen molar-refractivity contribution in [1.82, 2.24) is 14.3 Å². The van der Waals surface area contributed by atoms with Crippen LogP contribution >= 0.6 is 0 Å². The Labute approximate surface area is 162 Å². The quantitative estimate of drug-likeness (QED) is 0.723. The summed E-state index contributed by atoms with van der Waals surface area (Å²) in [5.74, 6) is -0.697. The minimum atomic E-state index is -0.628. The molecule has 0 radical (unpaired) electrons. The zero-order valence-electron chi connectivity index (χ0n) is 15.5. The van der Waals surface area contributed by atoms with Crippen LogP contribution in [0.1, 0.15) is 28.0 Å². The highest BCUT2D eigenvalue weighted by atomic mass is 19.1. The van der Waals surface area contributed by atoms with Crippen LogP contribution in [0.5, 0.6) is 0 Å². The van der Waals surface area contributed by atoms with Crippen molar-refractivity contribution in [1.29, 1.82) is 0 Å². The Kier molecular flexibility index (Phi) is 5.11. The molecule has 1 saturated heterocycles. The summed E-state index contributed by atoms with van der Waals surface area (Å²) in [4.78, 5) is 18.5. The van der Waals surface area contributed by atoms with Crippen LogP contribution in [0.15, 0.2) is 48.8 Å². The molecule has 146 valence electrons. The van der Waals surface area contributed by atoms with Gasteiger partial charge in [0, 0.05) is 32.0 Å². The minimum absolute atomic E-state index is 0.0651. The molecule has 3 aromatic rings. The second kappa shape index (κ2) is 7.69. The van der Waals surface area contributed by atoms with Crippen LogP contribution in [-0.2, 0) is 13.0 Å². The Morgan fingerprint density at radius 1 is 1.25 bits per heavy atom. The molecule has 6 nitrogen and oxygen atoms in total. The molecule has 1 unspecified atom stereocenters. The van der Waals surface area contributed by atoms with Gasteiger partial charge in [0.05, 0.1) is 6.10 Å². The summed E-state index contributed by atoms with van der Waals surface area (Å²) < 4.78 is 15.3. The Morgan fingerprint density at radius 3 is 2.75 bits per heavy atom. The number of nitrogens with zero attached hydrogens (tertiary/aromatic N) is 3. The van der Waals surface area contributed by atoms with Gasteiger partial charge in [0.15, 0.2) is 11.5 Å². The van der Waals surface area contributed by atoms with Gasteiger partial charge in [-0.2, -0.15) is 0 Å². The lowest BCUT2D eigenvalue weighted by Crippen LogP contribution is -2.47. The molecular formula is C21H23FN4O2. The molecule has 0 saturated carbocycles. The average Bonchev–Trinajstić information content (AvgIpc) is 3.15. The van der Waals surface area contributed by atoms with Gasteiger partial charge >= 0.3 is 0 Å². The maximum Gasteiger partial charge on any atom is 0.274 e. The minimum Gasteiger partial charge on any atom is -0.391 e. The standard InChI is InChI=1S/C21H23FN4O2/c22-17-6-3-8-25-12-18(24-20(17)25)21(28)26-9-7-15(19(27)13-26)10-14-4-1-2-5-16(14)11-23/h1-6,8,12,15,19,27H,7,9-11,13,23H2/t15?,19-/m1/s1. The molecule has 0 spiro atoms. The van der Waals surface area contributed by atoms with E-state index in [0.717, 1.165) is 17.5 Å². The average molecular weight is 382 g/mol. The van der Waals surface area contributed by atoms with Gasteiger partial charge < -0.3 is 20.1 Å². The monoisotopic (exact) mass is 382 g/mol. The predicted octanol–water partition coefficient (Wildman–Crippen LogP) is 2.00. The molecule has 3 heterocycles. The first-order chi connectivity index (χ1) is 13.6. The fourth-order valence-corrected chi connectivity index (χ4v) is 3.88. The normalized spacial score (nSPS) is 19.9. The van der Waals surface area contributed by atoms with Crippen molar-refractivity contribution in [2.24, 2.45) is 11.7 Å². The lowest BCUT2D eigenvalue weighted by Gasteiger charge is -2.36. The fourth-order valence-electron chi connectivity index (χ4n) is 3.88. The van der Waals surface area contributed by atoms with Crippen molar-refractivity contribution < 1.29 is 14.3 Å². The number of aliphatic hydroxyl groups is 1. The van der Waals surface area contributed by atoms with Crippen molar-refractivity contribution in [2.45, 2.75) is 25.5 Å². The molecule has 2 atom stereocenters. The van der Waals surface area contributed by atoms with Gasteiger partial charge in [0.1, 0.15) is 5.69 Å². The molecule has 1 aliphatic rings. The SMILES string of the molecule is NCc1ccccc1CC1CCN(C(=O)c2cn3cccc(F)c3n2)C[C@H]1O. The van der Waals surface area contributed by atoms with E-state index in [-0.39, 0.29) is 29.7 Å². The van der Waals surface area contributed by atoms with E-state index >= 15 is 0 Å². The van der Waals surface area contributed by atoms with Gasteiger partial charge in [-0.1, -0.05) is 24.3 Å². The third-order valence-electron chi connectivity index (χ3n) is 5.48. The lowest BCUT2D eigenvalue weighted by atomic mass is 9.86. The smallest absolute Gasteiger partial charge is 0.274 e. The van der Waals surface area contributed by atoms with Crippen molar-refractivity contribution in [2.75, 3.05) is 13.1 Å². The summed E-state index contributed by atoms with van der Waals surface area (Å²) >= 11 is 0. The lowest BCUT2D eigenvalue weighted by molar-refractivity contribution is 0.0194. The number of hydrogen-bond acceptors (Lipinski definition) is 4. The van der Waals surface area contributed by atoms with Crippen LogP contribution in [0, 0.1) is 11.7 Å². The summed E-state index contributed by atoms with van der Waals surface area (Å²) in [6.45, 7) is 1.24. The molecule has 7 heteroatoms. The summed E-state index contributed by atoms with van der Waals surface area (Å²) in [6, 6.07) is 10.8. The first-order valence-corrected chi connectivity index (χ1v) is 9.44. The topological polar surface area (TPSA) is 83.9 Å². The van der Waals surface area contributed by atoms with Crippen LogP contribution in [0.2, 0.25) is 0 Å². The van der Waals surface area contributed by atoms with Crippen molar-refractivity contribution in [3.05, 3.63) is 71.4 Å². The molecule has 4 rings (SSSR count). The first kappa shape index (κ1) is 18.6. The number of fused-ring (bicyclic) bond motifs is 1. The summed E-state index contributed by atoms with van der Waals surface area (Å²) in [7, 11) is 0. The highest BCUT2D eigenvalue weighted by Crippen LogP contribution is 2.25. The Hall–Kier alpha value is -2.77.